The van der Waals surface area contributed by atoms with E-state index in [1.807, 2.05) is 32.7 Å². The SMILES string of the molecule is CC(C)NC(=O)CN(C)CC(C)C(N)=S. The third-order valence-electron chi connectivity index (χ3n) is 1.93. The van der Waals surface area contributed by atoms with Gasteiger partial charge in [0.2, 0.25) is 5.91 Å². The van der Waals surface area contributed by atoms with Crippen LogP contribution in [0.5, 0.6) is 0 Å². The minimum absolute atomic E-state index is 0.0302. The van der Waals surface area contributed by atoms with Crippen LogP contribution < -0.4 is 11.1 Å². The Hall–Kier alpha value is -0.680. The lowest BCUT2D eigenvalue weighted by Crippen LogP contribution is -2.41. The second-order valence-corrected chi connectivity index (χ2v) is 4.69. The molecule has 0 aromatic heterocycles. The molecule has 4 nitrogen and oxygen atoms in total. The molecule has 1 unspecified atom stereocenters. The molecule has 1 amide bonds. The predicted octanol–water partition coefficient (Wildman–Crippen LogP) is 0.365. The third kappa shape index (κ3) is 7.27. The first kappa shape index (κ1) is 14.3. The van der Waals surface area contributed by atoms with Gasteiger partial charge in [-0.05, 0) is 20.9 Å². The fourth-order valence-corrected chi connectivity index (χ4v) is 1.31. The van der Waals surface area contributed by atoms with Gasteiger partial charge in [0, 0.05) is 18.5 Å². The zero-order valence-electron chi connectivity index (χ0n) is 9.91. The standard InChI is InChI=1S/C10H21N3OS/c1-7(2)12-9(14)6-13(4)5-8(3)10(11)15/h7-8H,5-6H2,1-4H3,(H2,11,15)(H,12,14). The minimum atomic E-state index is 0.0302. The second kappa shape index (κ2) is 6.74. The average Bonchev–Trinajstić information content (AvgIpc) is 2.00. The van der Waals surface area contributed by atoms with Crippen molar-refractivity contribution in [2.24, 2.45) is 11.7 Å². The van der Waals surface area contributed by atoms with Crippen LogP contribution in [0.15, 0.2) is 0 Å². The Kier molecular flexibility index (Phi) is 6.43. The summed E-state index contributed by atoms with van der Waals surface area (Å²) in [6, 6.07) is 0.180. The number of nitrogens with one attached hydrogen (secondary N) is 1. The first-order valence-corrected chi connectivity index (χ1v) is 5.51. The number of carbonyl (C=O) groups excluding carboxylic acids is 1. The second-order valence-electron chi connectivity index (χ2n) is 4.22. The molecule has 88 valence electrons. The molecule has 0 aliphatic rings. The zero-order chi connectivity index (χ0) is 12.0. The summed E-state index contributed by atoms with van der Waals surface area (Å²) in [5, 5.41) is 2.83. The summed E-state index contributed by atoms with van der Waals surface area (Å²) in [4.78, 5) is 13.8. The van der Waals surface area contributed by atoms with E-state index in [9.17, 15) is 4.79 Å². The molecule has 3 N–H and O–H groups in total. The van der Waals surface area contributed by atoms with Crippen molar-refractivity contribution in [3.05, 3.63) is 0 Å². The van der Waals surface area contributed by atoms with Crippen LogP contribution in [0.2, 0.25) is 0 Å². The number of hydrogen-bond donors (Lipinski definition) is 2. The van der Waals surface area contributed by atoms with Crippen LogP contribution in [0.25, 0.3) is 0 Å². The number of nitrogens with two attached hydrogens (primary N) is 1. The van der Waals surface area contributed by atoms with E-state index in [0.717, 1.165) is 0 Å². The largest absolute Gasteiger partial charge is 0.393 e. The quantitative estimate of drug-likeness (QED) is 0.648. The van der Waals surface area contributed by atoms with Crippen molar-refractivity contribution < 1.29 is 4.79 Å². The normalized spacial score (nSPS) is 12.9. The van der Waals surface area contributed by atoms with E-state index in [1.165, 1.54) is 0 Å². The Morgan fingerprint density at radius 2 is 2.00 bits per heavy atom. The van der Waals surface area contributed by atoms with Crippen molar-refractivity contribution in [1.29, 1.82) is 0 Å². The molecule has 0 fully saturated rings. The number of hydrogen-bond acceptors (Lipinski definition) is 3. The zero-order valence-corrected chi connectivity index (χ0v) is 10.7. The molecule has 0 saturated heterocycles. The average molecular weight is 231 g/mol. The van der Waals surface area contributed by atoms with Crippen LogP contribution in [-0.4, -0.2) is 42.0 Å². The van der Waals surface area contributed by atoms with Gasteiger partial charge in [-0.3, -0.25) is 9.69 Å². The summed E-state index contributed by atoms with van der Waals surface area (Å²) < 4.78 is 0. The highest BCUT2D eigenvalue weighted by atomic mass is 32.1. The molecule has 0 saturated carbocycles. The Morgan fingerprint density at radius 3 is 2.40 bits per heavy atom. The summed E-state index contributed by atoms with van der Waals surface area (Å²) in [6.45, 7) is 6.93. The summed E-state index contributed by atoms with van der Waals surface area (Å²) in [5.74, 6) is 0.166. The van der Waals surface area contributed by atoms with Gasteiger partial charge >= 0.3 is 0 Å². The predicted molar refractivity (Wildman–Crippen MR) is 66.7 cm³/mol. The molecule has 0 radical (unpaired) electrons. The first-order valence-electron chi connectivity index (χ1n) is 5.10. The topological polar surface area (TPSA) is 58.4 Å². The van der Waals surface area contributed by atoms with Crippen molar-refractivity contribution in [3.8, 4) is 0 Å². The molecule has 0 rings (SSSR count). The van der Waals surface area contributed by atoms with Gasteiger partial charge in [0.15, 0.2) is 0 Å². The van der Waals surface area contributed by atoms with Crippen LogP contribution in [0, 0.1) is 5.92 Å². The van der Waals surface area contributed by atoms with Crippen LogP contribution >= 0.6 is 12.2 Å². The van der Waals surface area contributed by atoms with Crippen molar-refractivity contribution in [3.63, 3.8) is 0 Å². The van der Waals surface area contributed by atoms with E-state index in [1.54, 1.807) is 0 Å². The van der Waals surface area contributed by atoms with Crippen LogP contribution in [0.1, 0.15) is 20.8 Å². The molecule has 0 aliphatic heterocycles. The van der Waals surface area contributed by atoms with Gasteiger partial charge in [-0.15, -0.1) is 0 Å². The molecule has 0 bridgehead atoms. The van der Waals surface area contributed by atoms with Crippen LogP contribution in [0.3, 0.4) is 0 Å². The van der Waals surface area contributed by atoms with E-state index in [-0.39, 0.29) is 17.9 Å². The molecule has 0 heterocycles. The maximum atomic E-state index is 11.4. The van der Waals surface area contributed by atoms with E-state index in [0.29, 0.717) is 18.1 Å². The fraction of sp³-hybridized carbons (Fsp3) is 0.800. The van der Waals surface area contributed by atoms with Gasteiger partial charge in [0.1, 0.15) is 0 Å². The van der Waals surface area contributed by atoms with Gasteiger partial charge in [0.05, 0.1) is 11.5 Å². The lowest BCUT2D eigenvalue weighted by Gasteiger charge is -2.20. The molecular weight excluding hydrogens is 210 g/mol. The smallest absolute Gasteiger partial charge is 0.234 e. The van der Waals surface area contributed by atoms with Crippen LogP contribution in [-0.2, 0) is 4.79 Å². The first-order chi connectivity index (χ1) is 6.82. The molecule has 15 heavy (non-hydrogen) atoms. The number of carbonyl (C=O) groups is 1. The molecule has 5 heteroatoms. The number of nitrogens with zero attached hydrogens (tertiary/aromatic N) is 1. The molecule has 0 aromatic carbocycles. The fourth-order valence-electron chi connectivity index (χ4n) is 1.23. The van der Waals surface area contributed by atoms with E-state index in [4.69, 9.17) is 18.0 Å². The lowest BCUT2D eigenvalue weighted by molar-refractivity contribution is -0.122. The summed E-state index contributed by atoms with van der Waals surface area (Å²) in [5.41, 5.74) is 5.50. The Balaban J connectivity index is 3.87. The highest BCUT2D eigenvalue weighted by molar-refractivity contribution is 7.80. The Labute approximate surface area is 97.2 Å². The van der Waals surface area contributed by atoms with Crippen molar-refractivity contribution >= 4 is 23.1 Å². The maximum Gasteiger partial charge on any atom is 0.234 e. The highest BCUT2D eigenvalue weighted by Gasteiger charge is 2.12. The van der Waals surface area contributed by atoms with E-state index >= 15 is 0 Å². The van der Waals surface area contributed by atoms with Gasteiger partial charge in [-0.1, -0.05) is 19.1 Å². The van der Waals surface area contributed by atoms with Crippen LogP contribution in [0.4, 0.5) is 0 Å². The van der Waals surface area contributed by atoms with Gasteiger partial charge < -0.3 is 11.1 Å². The number of rotatable bonds is 6. The lowest BCUT2D eigenvalue weighted by atomic mass is 10.2. The molecule has 0 spiro atoms. The molecule has 1 atom stereocenters. The Morgan fingerprint density at radius 1 is 1.47 bits per heavy atom. The maximum absolute atomic E-state index is 11.4. The molecule has 0 aliphatic carbocycles. The third-order valence-corrected chi connectivity index (χ3v) is 2.34. The number of thiocarbonyl (C=S) groups is 1. The minimum Gasteiger partial charge on any atom is -0.393 e. The van der Waals surface area contributed by atoms with E-state index < -0.39 is 0 Å². The van der Waals surface area contributed by atoms with Gasteiger partial charge in [-0.2, -0.15) is 0 Å². The van der Waals surface area contributed by atoms with E-state index in [2.05, 4.69) is 5.32 Å². The summed E-state index contributed by atoms with van der Waals surface area (Å²) in [6.07, 6.45) is 0. The summed E-state index contributed by atoms with van der Waals surface area (Å²) in [7, 11) is 1.88. The Bertz CT molecular complexity index is 231. The van der Waals surface area contributed by atoms with Crippen molar-refractivity contribution in [1.82, 2.24) is 10.2 Å². The monoisotopic (exact) mass is 231 g/mol. The van der Waals surface area contributed by atoms with Crippen molar-refractivity contribution in [2.45, 2.75) is 26.8 Å². The molecule has 0 aromatic rings. The highest BCUT2D eigenvalue weighted by Crippen LogP contribution is 1.98. The van der Waals surface area contributed by atoms with Gasteiger partial charge in [-0.25, -0.2) is 0 Å². The van der Waals surface area contributed by atoms with Gasteiger partial charge in [0.25, 0.3) is 0 Å². The number of amides is 1. The molecular formula is C10H21N3OS. The number of likely N-dealkylation sites (N-methyl/N-ethyl adjacent to an activating group) is 1. The summed E-state index contributed by atoms with van der Waals surface area (Å²) >= 11 is 4.87. The van der Waals surface area contributed by atoms with Crippen molar-refractivity contribution in [2.75, 3.05) is 20.1 Å².